The van der Waals surface area contributed by atoms with Crippen LogP contribution < -0.4 is 0 Å². The van der Waals surface area contributed by atoms with Crippen molar-refractivity contribution in [3.05, 3.63) is 95.6 Å². The Morgan fingerprint density at radius 3 is 2.41 bits per heavy atom. The maximum atomic E-state index is 14.2. The lowest BCUT2D eigenvalue weighted by atomic mass is 9.84. The summed E-state index contributed by atoms with van der Waals surface area (Å²) in [6, 6.07) is 20.4. The van der Waals surface area contributed by atoms with Crippen molar-refractivity contribution in [1.29, 1.82) is 0 Å². The third-order valence-corrected chi connectivity index (χ3v) is 6.61. The second-order valence-electron chi connectivity index (χ2n) is 8.67. The Bertz CT molecular complexity index is 1120. The zero-order chi connectivity index (χ0) is 24.1. The molecule has 1 heterocycles. The highest BCUT2D eigenvalue weighted by Gasteiger charge is 2.43. The van der Waals surface area contributed by atoms with Gasteiger partial charge in [-0.2, -0.15) is 0 Å². The van der Waals surface area contributed by atoms with Crippen LogP contribution in [0.25, 0.3) is 11.1 Å². The lowest BCUT2D eigenvalue weighted by Gasteiger charge is -2.44. The number of carbonyl (C=O) groups is 1. The van der Waals surface area contributed by atoms with E-state index in [1.54, 1.807) is 17.0 Å². The molecule has 0 aliphatic carbocycles. The van der Waals surface area contributed by atoms with Gasteiger partial charge in [-0.3, -0.25) is 0 Å². The van der Waals surface area contributed by atoms with Gasteiger partial charge in [0.15, 0.2) is 0 Å². The predicted molar refractivity (Wildman–Crippen MR) is 127 cm³/mol. The van der Waals surface area contributed by atoms with E-state index in [2.05, 4.69) is 0 Å². The summed E-state index contributed by atoms with van der Waals surface area (Å²) in [6.07, 6.45) is 2.03. The van der Waals surface area contributed by atoms with Crippen LogP contribution in [0.4, 0.5) is 13.6 Å². The molecule has 1 aliphatic heterocycles. The molecule has 6 heteroatoms. The van der Waals surface area contributed by atoms with Crippen LogP contribution in [-0.4, -0.2) is 29.3 Å². The Morgan fingerprint density at radius 1 is 1.06 bits per heavy atom. The van der Waals surface area contributed by atoms with E-state index >= 15 is 0 Å². The number of hydrogen-bond acceptors (Lipinski definition) is 3. The van der Waals surface area contributed by atoms with E-state index in [4.69, 9.17) is 4.74 Å². The van der Waals surface area contributed by atoms with E-state index in [1.807, 2.05) is 49.4 Å². The summed E-state index contributed by atoms with van der Waals surface area (Å²) in [5.74, 6) is -1.22. The minimum absolute atomic E-state index is 0.0361. The second-order valence-corrected chi connectivity index (χ2v) is 8.67. The van der Waals surface area contributed by atoms with Crippen LogP contribution in [0, 0.1) is 11.6 Å². The van der Waals surface area contributed by atoms with E-state index in [-0.39, 0.29) is 18.7 Å². The molecule has 178 valence electrons. The van der Waals surface area contributed by atoms with Crippen LogP contribution in [0.5, 0.6) is 0 Å². The van der Waals surface area contributed by atoms with Crippen LogP contribution in [0.3, 0.4) is 0 Å². The molecule has 0 bridgehead atoms. The number of rotatable bonds is 8. The molecule has 3 aromatic rings. The standard InChI is InChI=1S/C28H29F2NO3/c1-2-26(21-11-9-20(10-12-21)24-14-13-23(29)19-25(24)30)31-17-16-28(15-6-18-32,34-27(31)33)22-7-4-3-5-8-22/h3-5,7-14,19,26,32H,2,6,15-18H2,1H3/t26-,28?/m0/s1. The Balaban J connectivity index is 1.55. The Kier molecular flexibility index (Phi) is 7.27. The Morgan fingerprint density at radius 2 is 1.79 bits per heavy atom. The van der Waals surface area contributed by atoms with Gasteiger partial charge in [-0.15, -0.1) is 0 Å². The summed E-state index contributed by atoms with van der Waals surface area (Å²) < 4.78 is 33.5. The van der Waals surface area contributed by atoms with Crippen molar-refractivity contribution < 1.29 is 23.4 Å². The average molecular weight is 466 g/mol. The van der Waals surface area contributed by atoms with E-state index in [0.717, 1.165) is 17.2 Å². The number of nitrogens with zero attached hydrogens (tertiary/aromatic N) is 1. The maximum Gasteiger partial charge on any atom is 0.411 e. The molecule has 34 heavy (non-hydrogen) atoms. The van der Waals surface area contributed by atoms with Gasteiger partial charge >= 0.3 is 6.09 Å². The zero-order valence-corrected chi connectivity index (χ0v) is 19.2. The molecule has 1 aliphatic rings. The van der Waals surface area contributed by atoms with Crippen molar-refractivity contribution in [1.82, 2.24) is 4.90 Å². The van der Waals surface area contributed by atoms with E-state index in [9.17, 15) is 18.7 Å². The van der Waals surface area contributed by atoms with Gasteiger partial charge in [0.25, 0.3) is 0 Å². The van der Waals surface area contributed by atoms with Crippen molar-refractivity contribution in [2.24, 2.45) is 0 Å². The Labute approximate surface area is 198 Å². The number of cyclic esters (lactones) is 1. The second kappa shape index (κ2) is 10.3. The van der Waals surface area contributed by atoms with Gasteiger partial charge in [-0.05, 0) is 48.1 Å². The first kappa shape index (κ1) is 23.9. The lowest BCUT2D eigenvalue weighted by Crippen LogP contribution is -2.49. The van der Waals surface area contributed by atoms with Crippen LogP contribution in [0.15, 0.2) is 72.8 Å². The smallest absolute Gasteiger partial charge is 0.411 e. The van der Waals surface area contributed by atoms with Crippen molar-refractivity contribution in [3.8, 4) is 11.1 Å². The van der Waals surface area contributed by atoms with Gasteiger partial charge in [-0.25, -0.2) is 13.6 Å². The lowest BCUT2D eigenvalue weighted by molar-refractivity contribution is -0.0697. The van der Waals surface area contributed by atoms with Gasteiger partial charge in [0.2, 0.25) is 0 Å². The highest BCUT2D eigenvalue weighted by atomic mass is 19.1. The molecule has 4 nitrogen and oxygen atoms in total. The number of carbonyl (C=O) groups excluding carboxylic acids is 1. The molecule has 1 N–H and O–H groups in total. The highest BCUT2D eigenvalue weighted by Crippen LogP contribution is 2.41. The molecule has 1 unspecified atom stereocenters. The maximum absolute atomic E-state index is 14.2. The van der Waals surface area contributed by atoms with Crippen molar-refractivity contribution in [3.63, 3.8) is 0 Å². The van der Waals surface area contributed by atoms with E-state index in [1.165, 1.54) is 12.1 Å². The SMILES string of the molecule is CC[C@@H](c1ccc(-c2ccc(F)cc2F)cc1)N1CCC(CCCO)(c2ccccc2)OC1=O. The van der Waals surface area contributed by atoms with Gasteiger partial charge < -0.3 is 14.7 Å². The largest absolute Gasteiger partial charge is 0.438 e. The van der Waals surface area contributed by atoms with Gasteiger partial charge in [0.05, 0.1) is 6.04 Å². The van der Waals surface area contributed by atoms with E-state index < -0.39 is 17.2 Å². The zero-order valence-electron chi connectivity index (χ0n) is 19.2. The van der Waals surface area contributed by atoms with Crippen LogP contribution >= 0.6 is 0 Å². The normalized spacial score (nSPS) is 19.1. The molecule has 0 aromatic heterocycles. The predicted octanol–water partition coefficient (Wildman–Crippen LogP) is 6.59. The van der Waals surface area contributed by atoms with Crippen molar-refractivity contribution in [2.75, 3.05) is 13.2 Å². The summed E-state index contributed by atoms with van der Waals surface area (Å²) in [7, 11) is 0. The molecule has 1 fully saturated rings. The van der Waals surface area contributed by atoms with Gasteiger partial charge in [0, 0.05) is 31.2 Å². The fourth-order valence-electron chi connectivity index (χ4n) is 4.83. The summed E-state index contributed by atoms with van der Waals surface area (Å²) >= 11 is 0. The highest BCUT2D eigenvalue weighted by molar-refractivity contribution is 5.70. The minimum atomic E-state index is -0.750. The number of aliphatic hydroxyl groups excluding tert-OH is 1. The van der Waals surface area contributed by atoms with Crippen molar-refractivity contribution in [2.45, 2.75) is 44.2 Å². The summed E-state index contributed by atoms with van der Waals surface area (Å²) in [5.41, 5.74) is 2.09. The van der Waals surface area contributed by atoms with E-state index in [0.29, 0.717) is 43.4 Å². The topological polar surface area (TPSA) is 49.8 Å². The fourth-order valence-corrected chi connectivity index (χ4v) is 4.83. The first-order valence-electron chi connectivity index (χ1n) is 11.7. The van der Waals surface area contributed by atoms with Crippen LogP contribution in [0.2, 0.25) is 0 Å². The molecule has 1 amide bonds. The molecule has 0 spiro atoms. The number of hydrogen-bond donors (Lipinski definition) is 1. The first-order chi connectivity index (χ1) is 16.5. The fraction of sp³-hybridized carbons (Fsp3) is 0.321. The molecular weight excluding hydrogens is 436 g/mol. The molecule has 0 saturated carbocycles. The summed E-state index contributed by atoms with van der Waals surface area (Å²) in [6.45, 7) is 2.57. The molecule has 0 radical (unpaired) electrons. The summed E-state index contributed by atoms with van der Waals surface area (Å²) in [4.78, 5) is 15.0. The number of aliphatic hydroxyl groups is 1. The number of amides is 1. The number of ether oxygens (including phenoxy) is 1. The number of benzene rings is 3. The molecule has 1 saturated heterocycles. The van der Waals surface area contributed by atoms with Crippen LogP contribution in [0.1, 0.15) is 49.8 Å². The Hall–Kier alpha value is -3.25. The van der Waals surface area contributed by atoms with Gasteiger partial charge in [-0.1, -0.05) is 61.5 Å². The third kappa shape index (κ3) is 4.82. The quantitative estimate of drug-likeness (QED) is 0.408. The molecule has 2 atom stereocenters. The minimum Gasteiger partial charge on any atom is -0.438 e. The molecule has 3 aromatic carbocycles. The first-order valence-corrected chi connectivity index (χ1v) is 11.7. The summed E-state index contributed by atoms with van der Waals surface area (Å²) in [5, 5.41) is 9.39. The van der Waals surface area contributed by atoms with Crippen LogP contribution in [-0.2, 0) is 10.3 Å². The molecular formula is C28H29F2NO3. The third-order valence-electron chi connectivity index (χ3n) is 6.61. The molecule has 4 rings (SSSR count). The van der Waals surface area contributed by atoms with Crippen molar-refractivity contribution >= 4 is 6.09 Å². The number of halogens is 2. The monoisotopic (exact) mass is 465 g/mol. The average Bonchev–Trinajstić information content (AvgIpc) is 2.85. The van der Waals surface area contributed by atoms with Gasteiger partial charge in [0.1, 0.15) is 17.2 Å².